The van der Waals surface area contributed by atoms with Crippen molar-refractivity contribution < 1.29 is 18.4 Å². The quantitative estimate of drug-likeness (QED) is 0.581. The maximum absolute atomic E-state index is 12.1. The van der Waals surface area contributed by atoms with Gasteiger partial charge in [0.25, 0.3) is 5.69 Å². The molecule has 0 aromatic heterocycles. The molecule has 112 valence electrons. The Hall–Kier alpha value is -1.51. The van der Waals surface area contributed by atoms with Crippen molar-refractivity contribution in [3.63, 3.8) is 0 Å². The number of nitrogens with zero attached hydrogens (tertiary/aromatic N) is 1. The van der Waals surface area contributed by atoms with Crippen molar-refractivity contribution in [1.29, 1.82) is 0 Å². The number of nitrogens with one attached hydrogen (secondary N) is 1. The van der Waals surface area contributed by atoms with Crippen LogP contribution < -0.4 is 4.72 Å². The predicted octanol–water partition coefficient (Wildman–Crippen LogP) is 1.20. The van der Waals surface area contributed by atoms with Crippen LogP contribution in [0.15, 0.2) is 23.1 Å². The highest BCUT2D eigenvalue weighted by atomic mass is 32.2. The van der Waals surface area contributed by atoms with Gasteiger partial charge in [-0.25, -0.2) is 13.1 Å². The van der Waals surface area contributed by atoms with Gasteiger partial charge in [0.2, 0.25) is 10.0 Å². The van der Waals surface area contributed by atoms with E-state index in [-0.39, 0.29) is 35.2 Å². The number of hydrogen-bond acceptors (Lipinski definition) is 5. The summed E-state index contributed by atoms with van der Waals surface area (Å²) in [6.45, 7) is 3.37. The second-order valence-corrected chi connectivity index (χ2v) is 6.36. The fourth-order valence-corrected chi connectivity index (χ4v) is 3.17. The van der Waals surface area contributed by atoms with Gasteiger partial charge in [0, 0.05) is 24.8 Å². The minimum atomic E-state index is -3.80. The number of nitro benzene ring substituents is 1. The van der Waals surface area contributed by atoms with Crippen molar-refractivity contribution >= 4 is 15.7 Å². The van der Waals surface area contributed by atoms with Crippen LogP contribution in [0.2, 0.25) is 0 Å². The third-order valence-electron chi connectivity index (χ3n) is 2.99. The first-order chi connectivity index (χ1) is 9.29. The van der Waals surface area contributed by atoms with Crippen LogP contribution in [0.4, 0.5) is 5.69 Å². The number of benzene rings is 1. The molecule has 0 spiro atoms. The zero-order valence-corrected chi connectivity index (χ0v) is 12.2. The number of nitro groups is 1. The molecule has 0 aliphatic rings. The number of aliphatic hydroxyl groups excluding tert-OH is 1. The molecule has 0 amide bonds. The zero-order chi connectivity index (χ0) is 15.3. The van der Waals surface area contributed by atoms with E-state index >= 15 is 0 Å². The lowest BCUT2D eigenvalue weighted by atomic mass is 10.1. The van der Waals surface area contributed by atoms with Gasteiger partial charge in [-0.05, 0) is 25.3 Å². The summed E-state index contributed by atoms with van der Waals surface area (Å²) in [4.78, 5) is 10.1. The molecular weight excluding hydrogens is 284 g/mol. The van der Waals surface area contributed by atoms with Gasteiger partial charge in [0.1, 0.15) is 0 Å². The maximum atomic E-state index is 12.1. The third-order valence-corrected chi connectivity index (χ3v) is 4.55. The summed E-state index contributed by atoms with van der Waals surface area (Å²) in [6, 6.07) is 3.95. The largest absolute Gasteiger partial charge is 0.396 e. The SMILES string of the molecule is Cc1c([N+](=O)[O-])cccc1S(=O)(=O)NCC(C)CCO. The number of aliphatic hydroxyl groups is 1. The molecule has 0 saturated carbocycles. The lowest BCUT2D eigenvalue weighted by molar-refractivity contribution is -0.385. The summed E-state index contributed by atoms with van der Waals surface area (Å²) in [5.74, 6) is -0.0196. The Morgan fingerprint density at radius 2 is 2.10 bits per heavy atom. The first-order valence-corrected chi connectivity index (χ1v) is 7.62. The van der Waals surface area contributed by atoms with Crippen LogP contribution in [0.3, 0.4) is 0 Å². The molecule has 2 N–H and O–H groups in total. The van der Waals surface area contributed by atoms with E-state index in [1.165, 1.54) is 25.1 Å². The van der Waals surface area contributed by atoms with Gasteiger partial charge in [0.15, 0.2) is 0 Å². The second kappa shape index (κ2) is 6.78. The van der Waals surface area contributed by atoms with Crippen LogP contribution in [0.1, 0.15) is 18.9 Å². The molecule has 1 unspecified atom stereocenters. The molecule has 0 saturated heterocycles. The van der Waals surface area contributed by atoms with Gasteiger partial charge < -0.3 is 5.11 Å². The van der Waals surface area contributed by atoms with Gasteiger partial charge in [-0.3, -0.25) is 10.1 Å². The van der Waals surface area contributed by atoms with E-state index in [2.05, 4.69) is 4.72 Å². The molecule has 0 bridgehead atoms. The highest BCUT2D eigenvalue weighted by Gasteiger charge is 2.22. The molecule has 20 heavy (non-hydrogen) atoms. The van der Waals surface area contributed by atoms with E-state index < -0.39 is 14.9 Å². The Kier molecular flexibility index (Phi) is 5.61. The van der Waals surface area contributed by atoms with Crippen molar-refractivity contribution in [3.05, 3.63) is 33.9 Å². The van der Waals surface area contributed by atoms with E-state index in [1.807, 2.05) is 0 Å². The van der Waals surface area contributed by atoms with Gasteiger partial charge in [-0.2, -0.15) is 0 Å². The second-order valence-electron chi connectivity index (χ2n) is 4.63. The summed E-state index contributed by atoms with van der Waals surface area (Å²) < 4.78 is 26.7. The summed E-state index contributed by atoms with van der Waals surface area (Å²) in [5.41, 5.74) is -0.115. The van der Waals surface area contributed by atoms with Crippen molar-refractivity contribution in [2.45, 2.75) is 25.2 Å². The standard InChI is InChI=1S/C12H18N2O5S/c1-9(6-7-15)8-13-20(18,19)12-5-3-4-11(10(12)2)14(16)17/h3-5,9,13,15H,6-8H2,1-2H3. The van der Waals surface area contributed by atoms with Crippen molar-refractivity contribution in [2.75, 3.05) is 13.2 Å². The Balaban J connectivity index is 2.99. The van der Waals surface area contributed by atoms with Crippen LogP contribution in [0.5, 0.6) is 0 Å². The Morgan fingerprint density at radius 1 is 1.45 bits per heavy atom. The van der Waals surface area contributed by atoms with Gasteiger partial charge in [-0.15, -0.1) is 0 Å². The summed E-state index contributed by atoms with van der Waals surface area (Å²) in [6.07, 6.45) is 0.483. The summed E-state index contributed by atoms with van der Waals surface area (Å²) >= 11 is 0. The molecular formula is C12H18N2O5S. The molecule has 8 heteroatoms. The van der Waals surface area contributed by atoms with Crippen LogP contribution >= 0.6 is 0 Å². The molecule has 0 aliphatic heterocycles. The van der Waals surface area contributed by atoms with E-state index in [1.54, 1.807) is 6.92 Å². The molecule has 0 fully saturated rings. The topological polar surface area (TPSA) is 110 Å². The fourth-order valence-electron chi connectivity index (χ4n) is 1.74. The molecule has 0 heterocycles. The fraction of sp³-hybridized carbons (Fsp3) is 0.500. The van der Waals surface area contributed by atoms with Crippen molar-refractivity contribution in [2.24, 2.45) is 5.92 Å². The van der Waals surface area contributed by atoms with Gasteiger partial charge in [0.05, 0.1) is 9.82 Å². The van der Waals surface area contributed by atoms with Crippen molar-refractivity contribution in [3.8, 4) is 0 Å². The van der Waals surface area contributed by atoms with Crippen LogP contribution in [-0.2, 0) is 10.0 Å². The molecule has 0 radical (unpaired) electrons. The highest BCUT2D eigenvalue weighted by Crippen LogP contribution is 2.24. The third kappa shape index (κ3) is 3.99. The normalized spacial score (nSPS) is 13.2. The van der Waals surface area contributed by atoms with Crippen molar-refractivity contribution in [1.82, 2.24) is 4.72 Å². The first-order valence-electron chi connectivity index (χ1n) is 6.14. The van der Waals surface area contributed by atoms with Crippen LogP contribution in [0.25, 0.3) is 0 Å². The first kappa shape index (κ1) is 16.5. The number of sulfonamides is 1. The molecule has 1 aromatic carbocycles. The van der Waals surface area contributed by atoms with E-state index in [0.29, 0.717) is 6.42 Å². The number of rotatable bonds is 7. The predicted molar refractivity (Wildman–Crippen MR) is 73.9 cm³/mol. The van der Waals surface area contributed by atoms with Crippen LogP contribution in [0, 0.1) is 23.0 Å². The molecule has 1 rings (SSSR count). The number of hydrogen-bond donors (Lipinski definition) is 2. The van der Waals surface area contributed by atoms with Gasteiger partial charge in [-0.1, -0.05) is 13.0 Å². The highest BCUT2D eigenvalue weighted by molar-refractivity contribution is 7.89. The Bertz CT molecular complexity index is 586. The van der Waals surface area contributed by atoms with E-state index in [9.17, 15) is 18.5 Å². The average Bonchev–Trinajstić information content (AvgIpc) is 2.36. The lowest BCUT2D eigenvalue weighted by Crippen LogP contribution is -2.29. The van der Waals surface area contributed by atoms with Crippen LogP contribution in [-0.4, -0.2) is 31.6 Å². The Morgan fingerprint density at radius 3 is 2.65 bits per heavy atom. The molecule has 1 aromatic rings. The monoisotopic (exact) mass is 302 g/mol. The summed E-state index contributed by atoms with van der Waals surface area (Å²) in [7, 11) is -3.80. The zero-order valence-electron chi connectivity index (χ0n) is 11.4. The van der Waals surface area contributed by atoms with Gasteiger partial charge >= 0.3 is 0 Å². The minimum Gasteiger partial charge on any atom is -0.396 e. The molecule has 0 aliphatic carbocycles. The average molecular weight is 302 g/mol. The maximum Gasteiger partial charge on any atom is 0.273 e. The molecule has 7 nitrogen and oxygen atoms in total. The van der Waals surface area contributed by atoms with E-state index in [0.717, 1.165) is 0 Å². The minimum absolute atomic E-state index is 0.0151. The van der Waals surface area contributed by atoms with E-state index in [4.69, 9.17) is 5.11 Å². The lowest BCUT2D eigenvalue weighted by Gasteiger charge is -2.13. The smallest absolute Gasteiger partial charge is 0.273 e. The molecule has 1 atom stereocenters. The summed E-state index contributed by atoms with van der Waals surface area (Å²) in [5, 5.41) is 19.6. The Labute approximate surface area is 117 Å².